The lowest BCUT2D eigenvalue weighted by Gasteiger charge is -2.16. The van der Waals surface area contributed by atoms with Crippen LogP contribution >= 0.6 is 11.6 Å². The number of ketones is 2. The van der Waals surface area contributed by atoms with Gasteiger partial charge >= 0.3 is 29.9 Å². The number of carbonyl (C=O) groups excluding carboxylic acids is 3. The summed E-state index contributed by atoms with van der Waals surface area (Å²) in [4.78, 5) is 30.7. The fraction of sp³-hybridized carbons (Fsp3) is 0.400. The van der Waals surface area contributed by atoms with E-state index in [2.05, 4.69) is 0 Å². The van der Waals surface area contributed by atoms with E-state index in [1.54, 1.807) is 24.3 Å². The van der Waals surface area contributed by atoms with Gasteiger partial charge in [0, 0.05) is 5.02 Å². The van der Waals surface area contributed by atoms with Crippen molar-refractivity contribution in [3.05, 3.63) is 29.3 Å². The Balaban J connectivity index is 0.000000488. The van der Waals surface area contributed by atoms with Crippen LogP contribution in [0.15, 0.2) is 24.3 Å². The van der Waals surface area contributed by atoms with Gasteiger partial charge in [0.2, 0.25) is 0 Å². The molecule has 0 atom stereocenters. The quantitative estimate of drug-likeness (QED) is 0.313. The zero-order chi connectivity index (χ0) is 20.9. The van der Waals surface area contributed by atoms with E-state index in [1.807, 2.05) is 20.8 Å². The van der Waals surface area contributed by atoms with E-state index < -0.39 is 29.3 Å². The Kier molecular flexibility index (Phi) is 7.83. The normalized spacial score (nSPS) is 11.9. The summed E-state index contributed by atoms with van der Waals surface area (Å²) in [6.07, 6.45) is -11.5. The van der Waals surface area contributed by atoms with Crippen LogP contribution in [0.25, 0.3) is 0 Å². The third-order valence-corrected chi connectivity index (χ3v) is 2.61. The first-order chi connectivity index (χ1) is 11.5. The number of Topliss-reactive ketones (excluding diaryl/α,β-unsaturated/α-hetero) is 2. The van der Waals surface area contributed by atoms with E-state index in [0.717, 1.165) is 0 Å². The highest BCUT2D eigenvalue weighted by atomic mass is 35.5. The first kappa shape index (κ1) is 23.9. The predicted octanol–water partition coefficient (Wildman–Crippen LogP) is 4.54. The number of ether oxygens (including phenoxy) is 1. The highest BCUT2D eigenvalue weighted by Crippen LogP contribution is 2.24. The molecule has 0 bridgehead atoms. The Bertz CT molecular complexity index is 633. The first-order valence-electron chi connectivity index (χ1n) is 6.66. The number of benzene rings is 1. The van der Waals surface area contributed by atoms with Gasteiger partial charge in [-0.25, -0.2) is 0 Å². The average Bonchev–Trinajstić information content (AvgIpc) is 2.45. The molecule has 0 radical (unpaired) electrons. The van der Waals surface area contributed by atoms with Gasteiger partial charge in [0.05, 0.1) is 5.41 Å². The second-order valence-electron chi connectivity index (χ2n) is 5.75. The molecule has 0 aliphatic carbocycles. The molecule has 0 amide bonds. The van der Waals surface area contributed by atoms with Gasteiger partial charge in [0.15, 0.2) is 0 Å². The molecule has 11 heteroatoms. The van der Waals surface area contributed by atoms with Crippen LogP contribution in [0.1, 0.15) is 20.8 Å². The molecule has 0 aliphatic heterocycles. The van der Waals surface area contributed by atoms with Gasteiger partial charge in [-0.3, -0.25) is 14.4 Å². The lowest BCUT2D eigenvalue weighted by atomic mass is 9.97. The maximum Gasteiger partial charge on any atom is 0.458 e. The van der Waals surface area contributed by atoms with E-state index >= 15 is 0 Å². The highest BCUT2D eigenvalue weighted by molar-refractivity contribution is 6.41. The zero-order valence-electron chi connectivity index (χ0n) is 13.6. The number of halogens is 7. The molecule has 146 valence electrons. The summed E-state index contributed by atoms with van der Waals surface area (Å²) >= 11 is 5.70. The minimum Gasteiger partial charge on any atom is -0.426 e. The molecular weight excluding hydrogens is 394 g/mol. The molecule has 0 heterocycles. The lowest BCUT2D eigenvalue weighted by molar-refractivity contribution is -0.193. The fourth-order valence-corrected chi connectivity index (χ4v) is 1.15. The van der Waals surface area contributed by atoms with E-state index in [0.29, 0.717) is 10.8 Å². The van der Waals surface area contributed by atoms with Crippen LogP contribution in [0.2, 0.25) is 5.02 Å². The van der Waals surface area contributed by atoms with Crippen LogP contribution in [0.5, 0.6) is 5.75 Å². The molecule has 1 rings (SSSR count). The van der Waals surface area contributed by atoms with Crippen LogP contribution in [0.4, 0.5) is 26.3 Å². The molecule has 0 unspecified atom stereocenters. The number of esters is 1. The molecule has 0 spiro atoms. The second kappa shape index (κ2) is 8.52. The SMILES string of the molecule is CC(C)(C)C(=O)Oc1ccc(Cl)cc1.O=C(C(=O)C(F)(F)F)C(F)(F)F. The zero-order valence-corrected chi connectivity index (χ0v) is 14.3. The van der Waals surface area contributed by atoms with E-state index in [9.17, 15) is 40.7 Å². The van der Waals surface area contributed by atoms with Gasteiger partial charge in [-0.15, -0.1) is 0 Å². The molecule has 0 fully saturated rings. The van der Waals surface area contributed by atoms with Crippen molar-refractivity contribution < 1.29 is 45.5 Å². The molecule has 1 aromatic rings. The Labute approximate surface area is 149 Å². The summed E-state index contributed by atoms with van der Waals surface area (Å²) in [6.45, 7) is 5.43. The number of alkyl halides is 6. The smallest absolute Gasteiger partial charge is 0.426 e. The molecule has 0 saturated heterocycles. The van der Waals surface area contributed by atoms with Gasteiger partial charge in [-0.2, -0.15) is 26.3 Å². The number of hydrogen-bond donors (Lipinski definition) is 0. The number of carbonyl (C=O) groups is 3. The third-order valence-electron chi connectivity index (χ3n) is 2.36. The Morgan fingerprint density at radius 3 is 1.42 bits per heavy atom. The molecule has 4 nitrogen and oxygen atoms in total. The van der Waals surface area contributed by atoms with Crippen molar-refractivity contribution in [3.63, 3.8) is 0 Å². The van der Waals surface area contributed by atoms with Crippen LogP contribution in [-0.4, -0.2) is 29.9 Å². The highest BCUT2D eigenvalue weighted by Gasteiger charge is 2.54. The van der Waals surface area contributed by atoms with Crippen molar-refractivity contribution in [1.29, 1.82) is 0 Å². The summed E-state index contributed by atoms with van der Waals surface area (Å²) in [5.74, 6) is -6.54. The lowest BCUT2D eigenvalue weighted by Crippen LogP contribution is -2.39. The molecule has 1 aromatic carbocycles. The largest absolute Gasteiger partial charge is 0.458 e. The Morgan fingerprint density at radius 2 is 1.15 bits per heavy atom. The average molecular weight is 407 g/mol. The summed E-state index contributed by atoms with van der Waals surface area (Å²) < 4.78 is 72.1. The van der Waals surface area contributed by atoms with Gasteiger partial charge in [0.1, 0.15) is 5.75 Å². The van der Waals surface area contributed by atoms with Crippen molar-refractivity contribution >= 4 is 29.1 Å². The Hall–Kier alpha value is -2.10. The summed E-state index contributed by atoms with van der Waals surface area (Å²) in [6, 6.07) is 6.72. The monoisotopic (exact) mass is 406 g/mol. The molecule has 0 N–H and O–H groups in total. The molecule has 0 aromatic heterocycles. The first-order valence-corrected chi connectivity index (χ1v) is 7.04. The van der Waals surface area contributed by atoms with Crippen molar-refractivity contribution in [2.24, 2.45) is 5.41 Å². The maximum atomic E-state index is 11.5. The summed E-state index contributed by atoms with van der Waals surface area (Å²) in [5.41, 5.74) is -0.486. The predicted molar refractivity (Wildman–Crippen MR) is 78.7 cm³/mol. The van der Waals surface area contributed by atoms with Crippen LogP contribution in [-0.2, 0) is 14.4 Å². The standard InChI is InChI=1S/C11H13ClO2.C4F6O2/c1-11(2,3)10(13)14-9-6-4-8(12)5-7-9;5-3(6,7)1(11)2(12)4(8,9)10/h4-7H,1-3H3;. The summed E-state index contributed by atoms with van der Waals surface area (Å²) in [5, 5.41) is 0.626. The maximum absolute atomic E-state index is 11.5. The third kappa shape index (κ3) is 8.32. The fourth-order valence-electron chi connectivity index (χ4n) is 1.02. The van der Waals surface area contributed by atoms with E-state index in [1.165, 1.54) is 0 Å². The van der Waals surface area contributed by atoms with Gasteiger partial charge in [-0.05, 0) is 45.0 Å². The van der Waals surface area contributed by atoms with Crippen molar-refractivity contribution in [1.82, 2.24) is 0 Å². The van der Waals surface area contributed by atoms with Crippen molar-refractivity contribution in [2.75, 3.05) is 0 Å². The topological polar surface area (TPSA) is 60.4 Å². The summed E-state index contributed by atoms with van der Waals surface area (Å²) in [7, 11) is 0. The van der Waals surface area contributed by atoms with Crippen molar-refractivity contribution in [2.45, 2.75) is 33.1 Å². The van der Waals surface area contributed by atoms with Crippen molar-refractivity contribution in [3.8, 4) is 5.75 Å². The van der Waals surface area contributed by atoms with E-state index in [4.69, 9.17) is 16.3 Å². The van der Waals surface area contributed by atoms with Gasteiger partial charge in [0.25, 0.3) is 0 Å². The number of hydrogen-bond acceptors (Lipinski definition) is 4. The van der Waals surface area contributed by atoms with Crippen LogP contribution in [0, 0.1) is 5.41 Å². The van der Waals surface area contributed by atoms with Crippen LogP contribution < -0.4 is 4.74 Å². The minimum absolute atomic E-state index is 0.250. The van der Waals surface area contributed by atoms with E-state index in [-0.39, 0.29) is 5.97 Å². The molecule has 0 saturated carbocycles. The Morgan fingerprint density at radius 1 is 0.808 bits per heavy atom. The minimum atomic E-state index is -5.77. The van der Waals surface area contributed by atoms with Gasteiger partial charge in [-0.1, -0.05) is 11.6 Å². The second-order valence-corrected chi connectivity index (χ2v) is 6.18. The number of rotatable bonds is 2. The van der Waals surface area contributed by atoms with Crippen LogP contribution in [0.3, 0.4) is 0 Å². The van der Waals surface area contributed by atoms with Gasteiger partial charge < -0.3 is 4.74 Å². The molecular formula is C15H13ClF6O4. The molecule has 26 heavy (non-hydrogen) atoms. The molecule has 0 aliphatic rings.